The zero-order valence-electron chi connectivity index (χ0n) is 12.3. The third-order valence-electron chi connectivity index (χ3n) is 3.66. The molecule has 1 N–H and O–H groups in total. The van der Waals surface area contributed by atoms with Crippen molar-refractivity contribution in [2.24, 2.45) is 0 Å². The molecule has 122 valence electrons. The van der Waals surface area contributed by atoms with Gasteiger partial charge in [0, 0.05) is 35.7 Å². The molecule has 3 rings (SSSR count). The predicted molar refractivity (Wildman–Crippen MR) is 96.9 cm³/mol. The van der Waals surface area contributed by atoms with Crippen molar-refractivity contribution in [1.82, 2.24) is 15.2 Å². The Bertz CT molecular complexity index is 576. The van der Waals surface area contributed by atoms with Crippen molar-refractivity contribution < 1.29 is 4.42 Å². The van der Waals surface area contributed by atoms with Gasteiger partial charge in [-0.05, 0) is 19.1 Å². The van der Waals surface area contributed by atoms with Gasteiger partial charge in [-0.15, -0.1) is 24.8 Å². The van der Waals surface area contributed by atoms with Crippen LogP contribution in [-0.4, -0.2) is 35.6 Å². The third kappa shape index (κ3) is 4.70. The fourth-order valence-corrected chi connectivity index (χ4v) is 2.69. The molecule has 1 atom stereocenters. The van der Waals surface area contributed by atoms with Gasteiger partial charge in [0.2, 0.25) is 5.89 Å². The second kappa shape index (κ2) is 8.89. The van der Waals surface area contributed by atoms with Crippen molar-refractivity contribution in [2.45, 2.75) is 19.5 Å². The summed E-state index contributed by atoms with van der Waals surface area (Å²) in [5, 5.41) is 3.39. The average molecular weight is 409 g/mol. The molecule has 0 saturated carbocycles. The molecule has 0 aliphatic carbocycles. The van der Waals surface area contributed by atoms with E-state index in [1.54, 1.807) is 0 Å². The summed E-state index contributed by atoms with van der Waals surface area (Å²) in [6.07, 6.45) is 1.81. The molecule has 1 fully saturated rings. The van der Waals surface area contributed by atoms with Gasteiger partial charge in [-0.3, -0.25) is 4.90 Å². The molecule has 1 aromatic heterocycles. The quantitative estimate of drug-likeness (QED) is 0.839. The number of piperazine rings is 1. The molecule has 0 spiro atoms. The van der Waals surface area contributed by atoms with Gasteiger partial charge in [-0.1, -0.05) is 28.1 Å². The molecule has 1 saturated heterocycles. The van der Waals surface area contributed by atoms with E-state index in [1.165, 1.54) is 0 Å². The second-order valence-electron chi connectivity index (χ2n) is 5.15. The topological polar surface area (TPSA) is 41.3 Å². The standard InChI is InChI=1S/C15H18BrN3O.2ClH/c1-11-8-17-6-7-19(11)10-15-18-9-14(20-15)12-2-4-13(16)5-3-12;;/h2-5,9,11,17H,6-8,10H2,1H3;2*1H/t11-;;/m1../s1. The van der Waals surface area contributed by atoms with Crippen LogP contribution >= 0.6 is 40.7 Å². The number of benzene rings is 1. The highest BCUT2D eigenvalue weighted by Crippen LogP contribution is 2.23. The highest BCUT2D eigenvalue weighted by molar-refractivity contribution is 9.10. The van der Waals surface area contributed by atoms with Crippen molar-refractivity contribution >= 4 is 40.7 Å². The fourth-order valence-electron chi connectivity index (χ4n) is 2.42. The van der Waals surface area contributed by atoms with Gasteiger partial charge in [0.05, 0.1) is 12.7 Å². The van der Waals surface area contributed by atoms with E-state index in [1.807, 2.05) is 30.5 Å². The van der Waals surface area contributed by atoms with Crippen LogP contribution in [0.4, 0.5) is 0 Å². The van der Waals surface area contributed by atoms with Crippen molar-refractivity contribution in [3.63, 3.8) is 0 Å². The molecule has 7 heteroatoms. The summed E-state index contributed by atoms with van der Waals surface area (Å²) in [7, 11) is 0. The van der Waals surface area contributed by atoms with Crippen LogP contribution in [0.15, 0.2) is 39.4 Å². The van der Waals surface area contributed by atoms with Gasteiger partial charge in [0.25, 0.3) is 0 Å². The minimum absolute atomic E-state index is 0. The van der Waals surface area contributed by atoms with E-state index in [-0.39, 0.29) is 24.8 Å². The van der Waals surface area contributed by atoms with Crippen LogP contribution in [0.3, 0.4) is 0 Å². The lowest BCUT2D eigenvalue weighted by Crippen LogP contribution is -2.49. The van der Waals surface area contributed by atoms with E-state index in [2.05, 4.69) is 38.1 Å². The molecule has 0 unspecified atom stereocenters. The minimum Gasteiger partial charge on any atom is -0.439 e. The third-order valence-corrected chi connectivity index (χ3v) is 4.19. The molecule has 2 aromatic rings. The van der Waals surface area contributed by atoms with Gasteiger partial charge in [-0.25, -0.2) is 4.98 Å². The van der Waals surface area contributed by atoms with Crippen molar-refractivity contribution in [1.29, 1.82) is 0 Å². The number of aromatic nitrogens is 1. The first-order valence-electron chi connectivity index (χ1n) is 6.88. The van der Waals surface area contributed by atoms with Gasteiger partial charge < -0.3 is 9.73 Å². The first kappa shape index (κ1) is 19.5. The van der Waals surface area contributed by atoms with Crippen LogP contribution in [0.1, 0.15) is 12.8 Å². The summed E-state index contributed by atoms with van der Waals surface area (Å²) in [6.45, 7) is 6.10. The van der Waals surface area contributed by atoms with Crippen molar-refractivity contribution in [3.8, 4) is 11.3 Å². The number of halogens is 3. The molecule has 4 nitrogen and oxygen atoms in total. The van der Waals surface area contributed by atoms with Gasteiger partial charge in [-0.2, -0.15) is 0 Å². The number of nitrogens with zero attached hydrogens (tertiary/aromatic N) is 2. The van der Waals surface area contributed by atoms with E-state index in [9.17, 15) is 0 Å². The fraction of sp³-hybridized carbons (Fsp3) is 0.400. The Morgan fingerprint density at radius 1 is 1.32 bits per heavy atom. The first-order chi connectivity index (χ1) is 9.72. The molecule has 0 amide bonds. The SMILES string of the molecule is C[C@@H]1CNCCN1Cc1ncc(-c2ccc(Br)cc2)o1.Cl.Cl. The van der Waals surface area contributed by atoms with E-state index in [0.29, 0.717) is 6.04 Å². The van der Waals surface area contributed by atoms with E-state index >= 15 is 0 Å². The Hall–Kier alpha value is -0.590. The Kier molecular flexibility index (Phi) is 7.86. The second-order valence-corrected chi connectivity index (χ2v) is 6.06. The van der Waals surface area contributed by atoms with Crippen LogP contribution in [0.2, 0.25) is 0 Å². The number of rotatable bonds is 3. The van der Waals surface area contributed by atoms with Crippen LogP contribution in [0.25, 0.3) is 11.3 Å². The molecule has 2 heterocycles. The Morgan fingerprint density at radius 3 is 2.73 bits per heavy atom. The summed E-state index contributed by atoms with van der Waals surface area (Å²) < 4.78 is 6.94. The molecule has 0 bridgehead atoms. The van der Waals surface area contributed by atoms with E-state index < -0.39 is 0 Å². The highest BCUT2D eigenvalue weighted by atomic mass is 79.9. The maximum absolute atomic E-state index is 5.87. The minimum atomic E-state index is 0. The zero-order valence-corrected chi connectivity index (χ0v) is 15.5. The number of nitrogens with one attached hydrogen (secondary N) is 1. The predicted octanol–water partition coefficient (Wildman–Crippen LogP) is 3.74. The van der Waals surface area contributed by atoms with E-state index in [0.717, 1.165) is 47.9 Å². The summed E-state index contributed by atoms with van der Waals surface area (Å²) in [5.41, 5.74) is 1.06. The Morgan fingerprint density at radius 2 is 2.05 bits per heavy atom. The van der Waals surface area contributed by atoms with Crippen molar-refractivity contribution in [2.75, 3.05) is 19.6 Å². The molecular formula is C15H20BrCl2N3O. The van der Waals surface area contributed by atoms with Crippen LogP contribution in [0, 0.1) is 0 Å². The average Bonchev–Trinajstić information content (AvgIpc) is 2.91. The van der Waals surface area contributed by atoms with Crippen LogP contribution < -0.4 is 5.32 Å². The maximum Gasteiger partial charge on any atom is 0.209 e. The molecule has 1 aliphatic heterocycles. The highest BCUT2D eigenvalue weighted by Gasteiger charge is 2.19. The zero-order chi connectivity index (χ0) is 13.9. The van der Waals surface area contributed by atoms with Crippen LogP contribution in [-0.2, 0) is 6.54 Å². The van der Waals surface area contributed by atoms with Crippen molar-refractivity contribution in [3.05, 3.63) is 40.8 Å². The first-order valence-corrected chi connectivity index (χ1v) is 7.67. The number of hydrogen-bond donors (Lipinski definition) is 1. The van der Waals surface area contributed by atoms with Gasteiger partial charge in [0.1, 0.15) is 0 Å². The summed E-state index contributed by atoms with van der Waals surface area (Å²) in [5.74, 6) is 1.62. The summed E-state index contributed by atoms with van der Waals surface area (Å²) in [4.78, 5) is 6.80. The summed E-state index contributed by atoms with van der Waals surface area (Å²) in [6, 6.07) is 8.60. The number of oxazole rings is 1. The maximum atomic E-state index is 5.87. The van der Waals surface area contributed by atoms with E-state index in [4.69, 9.17) is 4.42 Å². The number of hydrogen-bond acceptors (Lipinski definition) is 4. The van der Waals surface area contributed by atoms with Gasteiger partial charge >= 0.3 is 0 Å². The summed E-state index contributed by atoms with van der Waals surface area (Å²) >= 11 is 3.44. The lowest BCUT2D eigenvalue weighted by molar-refractivity contribution is 0.151. The molecule has 0 radical (unpaired) electrons. The molecule has 1 aliphatic rings. The lowest BCUT2D eigenvalue weighted by Gasteiger charge is -2.32. The van der Waals surface area contributed by atoms with Gasteiger partial charge in [0.15, 0.2) is 5.76 Å². The van der Waals surface area contributed by atoms with Crippen LogP contribution in [0.5, 0.6) is 0 Å². The lowest BCUT2D eigenvalue weighted by atomic mass is 10.2. The largest absolute Gasteiger partial charge is 0.439 e. The molecular weight excluding hydrogens is 389 g/mol. The smallest absolute Gasteiger partial charge is 0.209 e. The monoisotopic (exact) mass is 407 g/mol. The molecule has 1 aromatic carbocycles. The molecule has 22 heavy (non-hydrogen) atoms. The Balaban J connectivity index is 0.00000121. The normalized spacial score (nSPS) is 18.4. The Labute approximate surface area is 151 Å².